The highest BCUT2D eigenvalue weighted by molar-refractivity contribution is 6.30. The van der Waals surface area contributed by atoms with E-state index >= 15 is 0 Å². The summed E-state index contributed by atoms with van der Waals surface area (Å²) in [5.41, 5.74) is 0.670. The fraction of sp³-hybridized carbons (Fsp3) is 0.400. The third-order valence-electron chi connectivity index (χ3n) is 4.84. The number of β-amino-alcohol motifs (C(OH)–C–C–N with tert-alkyl or cyclic N) is 2. The molecule has 0 saturated carbocycles. The Morgan fingerprint density at radius 2 is 1.92 bits per heavy atom. The summed E-state index contributed by atoms with van der Waals surface area (Å²) in [6.45, 7) is 1.79. The molecule has 1 aliphatic rings. The lowest BCUT2D eigenvalue weighted by Crippen LogP contribution is -2.47. The molecule has 25 heavy (non-hydrogen) atoms. The SMILES string of the molecule is COc1ccccc1[C@]1(O)CCCN(C[C@H](O)c2ccc(Cl)cc2)C1. The van der Waals surface area contributed by atoms with Crippen LogP contribution in [0.4, 0.5) is 0 Å². The standard InChI is InChI=1S/C20H24ClNO3/c1-25-19-6-3-2-5-17(19)20(24)11-4-12-22(14-20)13-18(23)15-7-9-16(21)10-8-15/h2-3,5-10,18,23-24H,4,11-14H2,1H3/t18-,20-/m0/s1. The van der Waals surface area contributed by atoms with Gasteiger partial charge in [0.2, 0.25) is 0 Å². The Morgan fingerprint density at radius 1 is 1.20 bits per heavy atom. The van der Waals surface area contributed by atoms with Crippen LogP contribution < -0.4 is 4.74 Å². The number of halogens is 1. The van der Waals surface area contributed by atoms with E-state index in [0.717, 1.165) is 24.1 Å². The van der Waals surface area contributed by atoms with Crippen LogP contribution in [0.2, 0.25) is 5.02 Å². The molecular formula is C20H24ClNO3. The molecule has 0 aromatic heterocycles. The minimum absolute atomic E-state index is 0.470. The van der Waals surface area contributed by atoms with Crippen molar-refractivity contribution in [3.8, 4) is 5.75 Å². The first-order valence-corrected chi connectivity index (χ1v) is 8.91. The fourth-order valence-electron chi connectivity index (χ4n) is 3.56. The Morgan fingerprint density at radius 3 is 2.64 bits per heavy atom. The van der Waals surface area contributed by atoms with Gasteiger partial charge in [-0.25, -0.2) is 0 Å². The van der Waals surface area contributed by atoms with Crippen LogP contribution in [0.5, 0.6) is 5.75 Å². The van der Waals surface area contributed by atoms with E-state index in [0.29, 0.717) is 30.3 Å². The highest BCUT2D eigenvalue weighted by Crippen LogP contribution is 2.37. The molecule has 1 heterocycles. The zero-order chi connectivity index (χ0) is 17.9. The molecule has 0 aliphatic carbocycles. The molecular weight excluding hydrogens is 338 g/mol. The van der Waals surface area contributed by atoms with Crippen molar-refractivity contribution in [3.63, 3.8) is 0 Å². The van der Waals surface area contributed by atoms with Gasteiger partial charge in [0.05, 0.1) is 13.2 Å². The minimum Gasteiger partial charge on any atom is -0.496 e. The van der Waals surface area contributed by atoms with Crippen LogP contribution in [0.15, 0.2) is 48.5 Å². The molecule has 5 heteroatoms. The number of piperidine rings is 1. The summed E-state index contributed by atoms with van der Waals surface area (Å²) in [5.74, 6) is 0.699. The number of benzene rings is 2. The molecule has 0 spiro atoms. The molecule has 2 N–H and O–H groups in total. The maximum Gasteiger partial charge on any atom is 0.124 e. The average Bonchev–Trinajstić information content (AvgIpc) is 2.62. The van der Waals surface area contributed by atoms with E-state index < -0.39 is 11.7 Å². The summed E-state index contributed by atoms with van der Waals surface area (Å²) >= 11 is 5.91. The molecule has 3 rings (SSSR count). The molecule has 1 saturated heterocycles. The second-order valence-electron chi connectivity index (χ2n) is 6.64. The number of para-hydroxylation sites is 1. The van der Waals surface area contributed by atoms with Gasteiger partial charge in [-0.1, -0.05) is 41.9 Å². The number of nitrogens with zero attached hydrogens (tertiary/aromatic N) is 1. The van der Waals surface area contributed by atoms with Crippen molar-refractivity contribution in [2.24, 2.45) is 0 Å². The van der Waals surface area contributed by atoms with Crippen molar-refractivity contribution in [1.29, 1.82) is 0 Å². The van der Waals surface area contributed by atoms with Gasteiger partial charge in [0.15, 0.2) is 0 Å². The maximum absolute atomic E-state index is 11.2. The lowest BCUT2D eigenvalue weighted by Gasteiger charge is -2.40. The van der Waals surface area contributed by atoms with Gasteiger partial charge in [-0.2, -0.15) is 0 Å². The van der Waals surface area contributed by atoms with E-state index in [1.807, 2.05) is 36.4 Å². The summed E-state index contributed by atoms with van der Waals surface area (Å²) in [5, 5.41) is 22.4. The van der Waals surface area contributed by atoms with Crippen LogP contribution in [-0.4, -0.2) is 41.9 Å². The van der Waals surface area contributed by atoms with Crippen molar-refractivity contribution in [3.05, 3.63) is 64.7 Å². The molecule has 0 bridgehead atoms. The van der Waals surface area contributed by atoms with E-state index in [2.05, 4.69) is 4.90 Å². The lowest BCUT2D eigenvalue weighted by molar-refractivity contribution is -0.0474. The Labute approximate surface area is 153 Å². The first kappa shape index (κ1) is 18.2. The van der Waals surface area contributed by atoms with Gasteiger partial charge in [-0.05, 0) is 43.1 Å². The molecule has 2 aromatic carbocycles. The van der Waals surface area contributed by atoms with Gasteiger partial charge >= 0.3 is 0 Å². The lowest BCUT2D eigenvalue weighted by atomic mass is 9.85. The molecule has 1 aliphatic heterocycles. The Kier molecular flexibility index (Phi) is 5.64. The maximum atomic E-state index is 11.2. The molecule has 0 amide bonds. The summed E-state index contributed by atoms with van der Waals surface area (Å²) in [6.07, 6.45) is 0.931. The van der Waals surface area contributed by atoms with Crippen molar-refractivity contribution in [2.75, 3.05) is 26.7 Å². The van der Waals surface area contributed by atoms with E-state index in [4.69, 9.17) is 16.3 Å². The number of aliphatic hydroxyl groups excluding tert-OH is 1. The number of likely N-dealkylation sites (tertiary alicyclic amines) is 1. The monoisotopic (exact) mass is 361 g/mol. The van der Waals surface area contributed by atoms with Crippen molar-refractivity contribution in [1.82, 2.24) is 4.90 Å². The number of ether oxygens (including phenoxy) is 1. The van der Waals surface area contributed by atoms with Crippen LogP contribution in [-0.2, 0) is 5.60 Å². The molecule has 1 fully saturated rings. The normalized spacial score (nSPS) is 22.6. The summed E-state index contributed by atoms with van der Waals surface area (Å²) in [7, 11) is 1.62. The molecule has 2 aromatic rings. The van der Waals surface area contributed by atoms with Crippen LogP contribution in [0, 0.1) is 0 Å². The highest BCUT2D eigenvalue weighted by atomic mass is 35.5. The largest absolute Gasteiger partial charge is 0.496 e. The molecule has 134 valence electrons. The second-order valence-corrected chi connectivity index (χ2v) is 7.07. The van der Waals surface area contributed by atoms with Crippen molar-refractivity contribution in [2.45, 2.75) is 24.5 Å². The van der Waals surface area contributed by atoms with E-state index in [1.165, 1.54) is 0 Å². The number of rotatable bonds is 5. The average molecular weight is 362 g/mol. The summed E-state index contributed by atoms with van der Waals surface area (Å²) < 4.78 is 5.42. The molecule has 0 radical (unpaired) electrons. The van der Waals surface area contributed by atoms with Crippen molar-refractivity contribution >= 4 is 11.6 Å². The van der Waals surface area contributed by atoms with Gasteiger partial charge in [0.1, 0.15) is 11.4 Å². The smallest absolute Gasteiger partial charge is 0.124 e. The fourth-order valence-corrected chi connectivity index (χ4v) is 3.69. The van der Waals surface area contributed by atoms with E-state index in [-0.39, 0.29) is 0 Å². The van der Waals surface area contributed by atoms with Crippen LogP contribution >= 0.6 is 11.6 Å². The van der Waals surface area contributed by atoms with Crippen molar-refractivity contribution < 1.29 is 14.9 Å². The zero-order valence-electron chi connectivity index (χ0n) is 14.4. The van der Waals surface area contributed by atoms with E-state index in [9.17, 15) is 10.2 Å². The molecule has 0 unspecified atom stereocenters. The Bertz CT molecular complexity index is 706. The predicted molar refractivity (Wildman–Crippen MR) is 99.0 cm³/mol. The molecule has 4 nitrogen and oxygen atoms in total. The molecule has 2 atom stereocenters. The first-order valence-electron chi connectivity index (χ1n) is 8.53. The first-order chi connectivity index (χ1) is 12.0. The number of methoxy groups -OCH3 is 1. The Hall–Kier alpha value is -1.59. The third kappa shape index (κ3) is 4.15. The Balaban J connectivity index is 1.73. The van der Waals surface area contributed by atoms with Gasteiger partial charge < -0.3 is 14.9 Å². The quantitative estimate of drug-likeness (QED) is 0.857. The minimum atomic E-state index is -0.968. The van der Waals surface area contributed by atoms with Gasteiger partial charge in [0, 0.05) is 23.7 Å². The highest BCUT2D eigenvalue weighted by Gasteiger charge is 2.37. The topological polar surface area (TPSA) is 52.9 Å². The summed E-state index contributed by atoms with van der Waals surface area (Å²) in [6, 6.07) is 14.8. The summed E-state index contributed by atoms with van der Waals surface area (Å²) in [4.78, 5) is 2.11. The van der Waals surface area contributed by atoms with Crippen LogP contribution in [0.3, 0.4) is 0 Å². The zero-order valence-corrected chi connectivity index (χ0v) is 15.1. The van der Waals surface area contributed by atoms with Crippen LogP contribution in [0.25, 0.3) is 0 Å². The number of aliphatic hydroxyl groups is 2. The number of hydrogen-bond donors (Lipinski definition) is 2. The van der Waals surface area contributed by atoms with E-state index in [1.54, 1.807) is 19.2 Å². The van der Waals surface area contributed by atoms with Gasteiger partial charge in [-0.3, -0.25) is 4.90 Å². The van der Waals surface area contributed by atoms with Gasteiger partial charge in [0.25, 0.3) is 0 Å². The van der Waals surface area contributed by atoms with Crippen LogP contribution in [0.1, 0.15) is 30.1 Å². The van der Waals surface area contributed by atoms with Gasteiger partial charge in [-0.15, -0.1) is 0 Å². The predicted octanol–water partition coefficient (Wildman–Crippen LogP) is 3.37. The third-order valence-corrected chi connectivity index (χ3v) is 5.10. The second kappa shape index (κ2) is 7.75. The number of hydrogen-bond acceptors (Lipinski definition) is 4.